The van der Waals surface area contributed by atoms with Gasteiger partial charge in [0.2, 0.25) is 0 Å². The topological polar surface area (TPSA) is 0 Å². The molecule has 1 unspecified atom stereocenters. The van der Waals surface area contributed by atoms with Gasteiger partial charge in [0.1, 0.15) is 0 Å². The highest BCUT2D eigenvalue weighted by Gasteiger charge is 2.72. The van der Waals surface area contributed by atoms with E-state index in [4.69, 9.17) is 0 Å². The van der Waals surface area contributed by atoms with Crippen molar-refractivity contribution in [2.45, 2.75) is 108 Å². The van der Waals surface area contributed by atoms with E-state index in [0.29, 0.717) is 5.04 Å². The summed E-state index contributed by atoms with van der Waals surface area (Å²) in [6, 6.07) is 0. The molecule has 1 aliphatic heterocycles. The van der Waals surface area contributed by atoms with Crippen LogP contribution in [0.3, 0.4) is 0 Å². The summed E-state index contributed by atoms with van der Waals surface area (Å²) in [5, 5.41) is 2.29. The van der Waals surface area contributed by atoms with Gasteiger partial charge in [0.15, 0.2) is 0 Å². The summed E-state index contributed by atoms with van der Waals surface area (Å²) < 4.78 is 0. The molecule has 24 heavy (non-hydrogen) atoms. The van der Waals surface area contributed by atoms with Crippen molar-refractivity contribution >= 4 is 15.2 Å². The van der Waals surface area contributed by atoms with Crippen LogP contribution in [-0.2, 0) is 0 Å². The fraction of sp³-hybridized carbons (Fsp3) is 0.864. The molecule has 0 fully saturated rings. The van der Waals surface area contributed by atoms with Gasteiger partial charge in [-0.05, 0) is 21.3 Å². The molecule has 1 rings (SSSR count). The lowest BCUT2D eigenvalue weighted by Gasteiger charge is -2.71. The fourth-order valence-corrected chi connectivity index (χ4v) is 29.4. The standard InChI is InChI=1S/C22H45Si2/c1-19(2,3)16-17(20(4,5)6)24(22(10,11)12,23(13,14)15)18(16)21(7,8)9/h1-15H3. The highest BCUT2D eigenvalue weighted by Crippen LogP contribution is 2.71. The maximum absolute atomic E-state index is 2.65. The van der Waals surface area contributed by atoms with Gasteiger partial charge in [-0.2, -0.15) is 0 Å². The Labute approximate surface area is 155 Å². The molecule has 0 aromatic heterocycles. The molecular formula is C22H45Si2. The minimum absolute atomic E-state index is 0.243. The third-order valence-corrected chi connectivity index (χ3v) is 24.2. The smallest absolute Gasteiger partial charge is 0.0763 e. The van der Waals surface area contributed by atoms with Gasteiger partial charge in [-0.15, -0.1) is 0 Å². The Morgan fingerprint density at radius 2 is 0.958 bits per heavy atom. The van der Waals surface area contributed by atoms with E-state index in [1.54, 1.807) is 5.57 Å². The third-order valence-electron chi connectivity index (χ3n) is 5.75. The molecule has 0 bridgehead atoms. The average molecular weight is 366 g/mol. The Bertz CT molecular complexity index is 503. The fourth-order valence-electron chi connectivity index (χ4n) is 5.81. The molecule has 141 valence electrons. The van der Waals surface area contributed by atoms with E-state index >= 15 is 0 Å². The van der Waals surface area contributed by atoms with Crippen LogP contribution in [0.2, 0.25) is 24.7 Å². The zero-order valence-corrected chi connectivity index (χ0v) is 21.5. The first kappa shape index (κ1) is 22.2. The predicted molar refractivity (Wildman–Crippen MR) is 117 cm³/mol. The van der Waals surface area contributed by atoms with Crippen molar-refractivity contribution in [1.29, 1.82) is 0 Å². The Morgan fingerprint density at radius 1 is 0.583 bits per heavy atom. The third kappa shape index (κ3) is 3.15. The van der Waals surface area contributed by atoms with Crippen LogP contribution in [0, 0.1) is 21.8 Å². The molecule has 0 aromatic carbocycles. The highest BCUT2D eigenvalue weighted by atomic mass is 29.3. The van der Waals surface area contributed by atoms with Crippen LogP contribution < -0.4 is 0 Å². The van der Waals surface area contributed by atoms with Crippen molar-refractivity contribution in [3.05, 3.63) is 16.3 Å². The molecule has 1 aliphatic rings. The van der Waals surface area contributed by atoms with Gasteiger partial charge >= 0.3 is 0 Å². The van der Waals surface area contributed by atoms with Gasteiger partial charge < -0.3 is 0 Å². The number of hydrogen-bond acceptors (Lipinski definition) is 0. The van der Waals surface area contributed by atoms with Crippen molar-refractivity contribution < 1.29 is 0 Å². The highest BCUT2D eigenvalue weighted by molar-refractivity contribution is 7.48. The summed E-state index contributed by atoms with van der Waals surface area (Å²) in [5.41, 5.74) is 4.44. The van der Waals surface area contributed by atoms with Gasteiger partial charge in [0.25, 0.3) is 0 Å². The summed E-state index contributed by atoms with van der Waals surface area (Å²) in [6.07, 6.45) is 0. The lowest BCUT2D eigenvalue weighted by atomic mass is 9.72. The Morgan fingerprint density at radius 3 is 1.12 bits per heavy atom. The van der Waals surface area contributed by atoms with E-state index in [1.807, 2.05) is 10.7 Å². The normalized spacial score (nSPS) is 25.1. The van der Waals surface area contributed by atoms with Gasteiger partial charge in [-0.1, -0.05) is 113 Å². The predicted octanol–water partition coefficient (Wildman–Crippen LogP) is 7.75. The lowest BCUT2D eigenvalue weighted by Crippen LogP contribution is -2.78. The van der Waals surface area contributed by atoms with Crippen LogP contribution in [0.1, 0.15) is 83.1 Å². The first-order valence-electron chi connectivity index (χ1n) is 9.75. The molecule has 0 nitrogen and oxygen atoms in total. The summed E-state index contributed by atoms with van der Waals surface area (Å²) in [4.78, 5) is 0. The Balaban J connectivity index is 4.08. The molecule has 1 radical (unpaired) electrons. The Kier molecular flexibility index (Phi) is 5.17. The van der Waals surface area contributed by atoms with Crippen LogP contribution in [0.5, 0.6) is 0 Å². The van der Waals surface area contributed by atoms with Crippen LogP contribution in [0.25, 0.3) is 0 Å². The van der Waals surface area contributed by atoms with Crippen molar-refractivity contribution in [1.82, 2.24) is 0 Å². The zero-order chi connectivity index (χ0) is 19.7. The maximum Gasteiger partial charge on any atom is 0.0916 e. The quantitative estimate of drug-likeness (QED) is 0.416. The monoisotopic (exact) mass is 365 g/mol. The first-order valence-corrected chi connectivity index (χ1v) is 16.2. The first-order chi connectivity index (χ1) is 10.1. The van der Waals surface area contributed by atoms with Crippen molar-refractivity contribution in [2.24, 2.45) is 16.2 Å². The van der Waals surface area contributed by atoms with Gasteiger partial charge in [-0.3, -0.25) is 0 Å². The molecule has 0 saturated carbocycles. The molecule has 1 heterocycles. The van der Waals surface area contributed by atoms with E-state index in [2.05, 4.69) is 103 Å². The van der Waals surface area contributed by atoms with Crippen LogP contribution >= 0.6 is 0 Å². The molecule has 0 amide bonds. The summed E-state index contributed by atoms with van der Waals surface area (Å²) in [6.45, 7) is 37.8. The number of hydrogen-bond donors (Lipinski definition) is 0. The molecule has 0 aromatic rings. The molecule has 0 aliphatic carbocycles. The molecular weight excluding hydrogens is 320 g/mol. The van der Waals surface area contributed by atoms with E-state index in [-0.39, 0.29) is 16.2 Å². The summed E-state index contributed by atoms with van der Waals surface area (Å²) in [5.74, 6) is 0. The second-order valence-electron chi connectivity index (χ2n) is 13.1. The SMILES string of the molecule is CC(C)(C)[C]1C(C(C)(C)C)=C(C(C)(C)C)[Si]1(C(C)(C)C)[Si](C)(C)C. The molecule has 0 N–H and O–H groups in total. The number of rotatable bonds is 1. The Hall–Kier alpha value is 0.174. The van der Waals surface area contributed by atoms with Gasteiger partial charge in [-0.25, -0.2) is 0 Å². The van der Waals surface area contributed by atoms with E-state index in [1.165, 1.54) is 0 Å². The van der Waals surface area contributed by atoms with Crippen molar-refractivity contribution in [2.75, 3.05) is 0 Å². The van der Waals surface area contributed by atoms with Crippen LogP contribution in [0.15, 0.2) is 10.8 Å². The van der Waals surface area contributed by atoms with E-state index in [9.17, 15) is 0 Å². The second-order valence-corrected chi connectivity index (χ2v) is 28.4. The van der Waals surface area contributed by atoms with Gasteiger partial charge in [0, 0.05) is 13.1 Å². The minimum atomic E-state index is -1.71. The minimum Gasteiger partial charge on any atom is -0.0763 e. The largest absolute Gasteiger partial charge is 0.0916 e. The average Bonchev–Trinajstić information content (AvgIpc) is 2.01. The van der Waals surface area contributed by atoms with Crippen molar-refractivity contribution in [3.8, 4) is 0 Å². The second kappa shape index (κ2) is 5.58. The van der Waals surface area contributed by atoms with Crippen LogP contribution in [-0.4, -0.2) is 15.2 Å². The molecule has 1 atom stereocenters. The lowest BCUT2D eigenvalue weighted by molar-refractivity contribution is 0.375. The van der Waals surface area contributed by atoms with E-state index in [0.717, 1.165) is 0 Å². The maximum atomic E-state index is 2.65. The van der Waals surface area contributed by atoms with Crippen molar-refractivity contribution in [3.63, 3.8) is 0 Å². The van der Waals surface area contributed by atoms with Crippen LogP contribution in [0.4, 0.5) is 0 Å². The molecule has 0 spiro atoms. The zero-order valence-electron chi connectivity index (χ0n) is 19.5. The summed E-state index contributed by atoms with van der Waals surface area (Å²) >= 11 is 0. The number of allylic oxidation sites excluding steroid dienone is 2. The molecule has 2 heteroatoms. The summed E-state index contributed by atoms with van der Waals surface area (Å²) in [7, 11) is -3.10. The van der Waals surface area contributed by atoms with Gasteiger partial charge in [0.05, 0.1) is 7.59 Å². The molecule has 0 saturated heterocycles. The van der Waals surface area contributed by atoms with E-state index < -0.39 is 15.2 Å².